The number of nitrogens with zero attached hydrogens (tertiary/aromatic N) is 1. The molecule has 0 unspecified atom stereocenters. The fourth-order valence-corrected chi connectivity index (χ4v) is 2.54. The lowest BCUT2D eigenvalue weighted by molar-refractivity contribution is -0.136. The van der Waals surface area contributed by atoms with Crippen LogP contribution in [0, 0.1) is 0 Å². The summed E-state index contributed by atoms with van der Waals surface area (Å²) in [6, 6.07) is 3.08. The number of pyridine rings is 1. The van der Waals surface area contributed by atoms with Crippen molar-refractivity contribution in [2.45, 2.75) is 6.18 Å². The molecule has 0 radical (unpaired) electrons. The molecule has 22 heavy (non-hydrogen) atoms. The minimum atomic E-state index is -4.79. The molecule has 0 spiro atoms. The van der Waals surface area contributed by atoms with Crippen molar-refractivity contribution in [2.24, 2.45) is 0 Å². The van der Waals surface area contributed by atoms with Crippen LogP contribution >= 0.6 is 34.8 Å². The van der Waals surface area contributed by atoms with Crippen molar-refractivity contribution in [1.82, 2.24) is 4.98 Å². The van der Waals surface area contributed by atoms with E-state index in [0.29, 0.717) is 6.07 Å². The van der Waals surface area contributed by atoms with Crippen LogP contribution in [0.15, 0.2) is 24.4 Å². The van der Waals surface area contributed by atoms with Gasteiger partial charge in [0.25, 0.3) is 0 Å². The van der Waals surface area contributed by atoms with Gasteiger partial charge in [-0.25, -0.2) is 0 Å². The van der Waals surface area contributed by atoms with Gasteiger partial charge in [-0.05, 0) is 18.2 Å². The highest BCUT2D eigenvalue weighted by molar-refractivity contribution is 6.61. The highest BCUT2D eigenvalue weighted by Gasteiger charge is 2.38. The third-order valence-corrected chi connectivity index (χ3v) is 3.85. The van der Waals surface area contributed by atoms with Gasteiger partial charge in [0.05, 0.1) is 26.3 Å². The lowest BCUT2D eigenvalue weighted by Gasteiger charge is -2.16. The van der Waals surface area contributed by atoms with Gasteiger partial charge in [0.15, 0.2) is 0 Å². The van der Waals surface area contributed by atoms with E-state index in [2.05, 4.69) is 4.98 Å². The van der Waals surface area contributed by atoms with Gasteiger partial charge < -0.3 is 10.0 Å². The van der Waals surface area contributed by atoms with Crippen LogP contribution in [-0.4, -0.2) is 22.2 Å². The molecule has 116 valence electrons. The SMILES string of the molecule is OB(O)c1c(C(F)(F)F)ccnc1-c1cc(Cl)c(Cl)cc1Cl. The molecule has 0 aliphatic rings. The Hall–Kier alpha value is -0.985. The van der Waals surface area contributed by atoms with Gasteiger partial charge in [0, 0.05) is 17.2 Å². The molecule has 3 nitrogen and oxygen atoms in total. The maximum atomic E-state index is 13.0. The van der Waals surface area contributed by atoms with E-state index < -0.39 is 24.3 Å². The number of benzene rings is 1. The fraction of sp³-hybridized carbons (Fsp3) is 0.0833. The molecule has 0 fully saturated rings. The summed E-state index contributed by atoms with van der Waals surface area (Å²) in [6.45, 7) is 0. The maximum absolute atomic E-state index is 13.0. The van der Waals surface area contributed by atoms with E-state index in [4.69, 9.17) is 34.8 Å². The van der Waals surface area contributed by atoms with E-state index in [1.807, 2.05) is 0 Å². The van der Waals surface area contributed by atoms with Gasteiger partial charge in [0.2, 0.25) is 0 Å². The lowest BCUT2D eigenvalue weighted by Crippen LogP contribution is -2.38. The third kappa shape index (κ3) is 3.34. The summed E-state index contributed by atoms with van der Waals surface area (Å²) in [6.07, 6.45) is -3.90. The van der Waals surface area contributed by atoms with Crippen LogP contribution in [0.3, 0.4) is 0 Å². The average Bonchev–Trinajstić information content (AvgIpc) is 2.41. The molecule has 2 N–H and O–H groups in total. The highest BCUT2D eigenvalue weighted by Crippen LogP contribution is 2.36. The summed E-state index contributed by atoms with van der Waals surface area (Å²) in [4.78, 5) is 3.77. The molecule has 0 bridgehead atoms. The van der Waals surface area contributed by atoms with Crippen molar-refractivity contribution >= 4 is 47.4 Å². The van der Waals surface area contributed by atoms with E-state index >= 15 is 0 Å². The number of alkyl halides is 3. The zero-order valence-corrected chi connectivity index (χ0v) is 12.8. The Balaban J connectivity index is 2.79. The summed E-state index contributed by atoms with van der Waals surface area (Å²) < 4.78 is 39.1. The normalized spacial score (nSPS) is 11.6. The molecule has 0 saturated heterocycles. The van der Waals surface area contributed by atoms with Crippen molar-refractivity contribution in [1.29, 1.82) is 0 Å². The first-order valence-electron chi connectivity index (χ1n) is 5.70. The summed E-state index contributed by atoms with van der Waals surface area (Å²) in [5.74, 6) is 0. The van der Waals surface area contributed by atoms with Crippen LogP contribution in [0.2, 0.25) is 15.1 Å². The Morgan fingerprint density at radius 3 is 2.14 bits per heavy atom. The van der Waals surface area contributed by atoms with E-state index in [-0.39, 0.29) is 26.3 Å². The number of hydrogen-bond acceptors (Lipinski definition) is 3. The molecular formula is C12H6BCl3F3NO2. The van der Waals surface area contributed by atoms with Gasteiger partial charge >= 0.3 is 13.3 Å². The van der Waals surface area contributed by atoms with E-state index in [1.54, 1.807) is 0 Å². The molecule has 0 amide bonds. The molecule has 0 aliphatic heterocycles. The predicted molar refractivity (Wildman–Crippen MR) is 79.5 cm³/mol. The van der Waals surface area contributed by atoms with Crippen molar-refractivity contribution in [2.75, 3.05) is 0 Å². The fourth-order valence-electron chi connectivity index (χ4n) is 1.90. The quantitative estimate of drug-likeness (QED) is 0.629. The largest absolute Gasteiger partial charge is 0.491 e. The molecule has 10 heteroatoms. The summed E-state index contributed by atoms with van der Waals surface area (Å²) in [5.41, 5.74) is -2.37. The number of hydrogen-bond donors (Lipinski definition) is 2. The Morgan fingerprint density at radius 1 is 1.00 bits per heavy atom. The topological polar surface area (TPSA) is 53.4 Å². The van der Waals surface area contributed by atoms with Crippen LogP contribution in [-0.2, 0) is 6.18 Å². The molecule has 1 aromatic heterocycles. The molecule has 2 aromatic rings. The average molecular weight is 370 g/mol. The summed E-state index contributed by atoms with van der Waals surface area (Å²) >= 11 is 17.5. The molecule has 1 heterocycles. The van der Waals surface area contributed by atoms with Crippen LogP contribution in [0.5, 0.6) is 0 Å². The van der Waals surface area contributed by atoms with Gasteiger partial charge in [-0.1, -0.05) is 34.8 Å². The summed E-state index contributed by atoms with van der Waals surface area (Å²) in [5, 5.41) is 18.8. The minimum absolute atomic E-state index is 0.00488. The standard InChI is InChI=1S/C12H6BCl3F3NO2/c14-7-4-9(16)8(15)3-5(7)11-10(13(21)22)6(1-2-20-11)12(17,18)19/h1-4,21-22H. The molecule has 2 rings (SSSR count). The zero-order chi connectivity index (χ0) is 16.7. The second-order valence-corrected chi connectivity index (χ2v) is 5.46. The second-order valence-electron chi connectivity index (χ2n) is 4.24. The van der Waals surface area contributed by atoms with Crippen molar-refractivity contribution < 1.29 is 23.2 Å². The summed E-state index contributed by atoms with van der Waals surface area (Å²) in [7, 11) is -2.40. The minimum Gasteiger partial charge on any atom is -0.423 e. The Morgan fingerprint density at radius 2 is 1.59 bits per heavy atom. The third-order valence-electron chi connectivity index (χ3n) is 2.82. The Kier molecular flexibility index (Phi) is 4.94. The monoisotopic (exact) mass is 369 g/mol. The van der Waals surface area contributed by atoms with E-state index in [9.17, 15) is 23.2 Å². The smallest absolute Gasteiger partial charge is 0.423 e. The van der Waals surface area contributed by atoms with E-state index in [0.717, 1.165) is 6.20 Å². The number of halogens is 6. The van der Waals surface area contributed by atoms with Crippen LogP contribution in [0.1, 0.15) is 5.56 Å². The first-order chi connectivity index (χ1) is 10.1. The van der Waals surface area contributed by atoms with Gasteiger partial charge in [-0.15, -0.1) is 0 Å². The Bertz CT molecular complexity index is 725. The van der Waals surface area contributed by atoms with Crippen LogP contribution in [0.4, 0.5) is 13.2 Å². The highest BCUT2D eigenvalue weighted by atomic mass is 35.5. The molecule has 0 aliphatic carbocycles. The maximum Gasteiger partial charge on any atom is 0.491 e. The van der Waals surface area contributed by atoms with Gasteiger partial charge in [-0.3, -0.25) is 4.98 Å². The predicted octanol–water partition coefficient (Wildman–Crippen LogP) is 3.41. The van der Waals surface area contributed by atoms with Crippen LogP contribution in [0.25, 0.3) is 11.3 Å². The van der Waals surface area contributed by atoms with Crippen LogP contribution < -0.4 is 5.46 Å². The molecule has 1 aromatic carbocycles. The molecular weight excluding hydrogens is 364 g/mol. The lowest BCUT2D eigenvalue weighted by atomic mass is 9.74. The van der Waals surface area contributed by atoms with Gasteiger partial charge in [0.1, 0.15) is 0 Å². The first-order valence-corrected chi connectivity index (χ1v) is 6.83. The molecule has 0 atom stereocenters. The second kappa shape index (κ2) is 6.25. The van der Waals surface area contributed by atoms with Crippen molar-refractivity contribution in [3.8, 4) is 11.3 Å². The molecule has 0 saturated carbocycles. The van der Waals surface area contributed by atoms with E-state index in [1.165, 1.54) is 12.1 Å². The Labute approximate surface area is 138 Å². The van der Waals surface area contributed by atoms with Crippen molar-refractivity contribution in [3.63, 3.8) is 0 Å². The zero-order valence-electron chi connectivity index (χ0n) is 10.5. The van der Waals surface area contributed by atoms with Crippen molar-refractivity contribution in [3.05, 3.63) is 45.0 Å². The van der Waals surface area contributed by atoms with Gasteiger partial charge in [-0.2, -0.15) is 13.2 Å². The number of rotatable bonds is 2. The first kappa shape index (κ1) is 17.4. The number of aromatic nitrogens is 1.